The minimum atomic E-state index is 1.09. The van der Waals surface area contributed by atoms with Crippen molar-refractivity contribution in [3.05, 3.63) is 217 Å². The smallest absolute Gasteiger partial charge is 0.0553 e. The average molecular weight is 687 g/mol. The maximum Gasteiger partial charge on any atom is 0.0553 e. The highest BCUT2D eigenvalue weighted by molar-refractivity contribution is 6.14. The maximum absolute atomic E-state index is 3.22. The van der Waals surface area contributed by atoms with Crippen molar-refractivity contribution >= 4 is 78.6 Å². The molecule has 1 aliphatic carbocycles. The monoisotopic (exact) mass is 686 g/mol. The molecule has 0 aromatic heterocycles. The van der Waals surface area contributed by atoms with E-state index in [1.807, 2.05) is 0 Å². The summed E-state index contributed by atoms with van der Waals surface area (Å²) in [5.41, 5.74) is 17.7. The molecule has 0 saturated heterocycles. The van der Waals surface area contributed by atoms with Gasteiger partial charge in [-0.1, -0.05) is 145 Å². The summed E-state index contributed by atoms with van der Waals surface area (Å²) in [5, 5.41) is 7.37. The molecule has 0 aliphatic heterocycles. The number of fused-ring (bicyclic) bond motifs is 6. The Bertz CT molecular complexity index is 2930. The molecule has 0 saturated carbocycles. The topological polar surface area (TPSA) is 6.48 Å². The van der Waals surface area contributed by atoms with Crippen LogP contribution in [0.4, 0.5) is 34.1 Å². The molecular formula is C52H34N2. The fourth-order valence-electron chi connectivity index (χ4n) is 7.93. The van der Waals surface area contributed by atoms with Crippen LogP contribution in [0.25, 0.3) is 55.6 Å². The van der Waals surface area contributed by atoms with Crippen molar-refractivity contribution in [1.29, 1.82) is 0 Å². The summed E-state index contributed by atoms with van der Waals surface area (Å²) in [6.07, 6.45) is 4.11. The lowest BCUT2D eigenvalue weighted by Crippen LogP contribution is -2.12. The third-order valence-corrected chi connectivity index (χ3v) is 10.5. The number of para-hydroxylation sites is 2. The van der Waals surface area contributed by atoms with E-state index in [1.165, 1.54) is 37.9 Å². The highest BCUT2D eigenvalue weighted by Crippen LogP contribution is 2.44. The SMILES string of the molecule is C1=C=Cc2c(c(N(c3ccccc3)c3ccc(-c4ccc(N(c5ccccc5)c5cc6ccccc6c6ccccc56)cc4)cc3)cc3ccccc23)C=1. The Balaban J connectivity index is 1.05. The lowest BCUT2D eigenvalue weighted by molar-refractivity contribution is 1.28. The second kappa shape index (κ2) is 13.3. The van der Waals surface area contributed by atoms with Gasteiger partial charge in [0.25, 0.3) is 0 Å². The fraction of sp³-hybridized carbons (Fsp3) is 0. The van der Waals surface area contributed by atoms with Gasteiger partial charge >= 0.3 is 0 Å². The molecule has 0 heterocycles. The van der Waals surface area contributed by atoms with Crippen molar-refractivity contribution in [3.8, 4) is 11.1 Å². The molecule has 0 amide bonds. The minimum Gasteiger partial charge on any atom is -0.310 e. The summed E-state index contributed by atoms with van der Waals surface area (Å²) in [4.78, 5) is 4.73. The molecule has 2 nitrogen and oxygen atoms in total. The molecule has 0 unspecified atom stereocenters. The summed E-state index contributed by atoms with van der Waals surface area (Å²) in [5.74, 6) is 0. The van der Waals surface area contributed by atoms with Gasteiger partial charge in [0.05, 0.1) is 11.4 Å². The molecule has 0 spiro atoms. The van der Waals surface area contributed by atoms with Crippen LogP contribution in [0.3, 0.4) is 0 Å². The van der Waals surface area contributed by atoms with Gasteiger partial charge in [-0.3, -0.25) is 0 Å². The molecule has 54 heavy (non-hydrogen) atoms. The van der Waals surface area contributed by atoms with Crippen LogP contribution in [0.5, 0.6) is 0 Å². The van der Waals surface area contributed by atoms with Crippen LogP contribution < -0.4 is 9.80 Å². The zero-order chi connectivity index (χ0) is 35.8. The molecule has 10 rings (SSSR count). The molecule has 0 bridgehead atoms. The number of benzene rings is 9. The van der Waals surface area contributed by atoms with Gasteiger partial charge in [0.15, 0.2) is 0 Å². The fourth-order valence-corrected chi connectivity index (χ4v) is 7.93. The number of hydrogen-bond donors (Lipinski definition) is 0. The van der Waals surface area contributed by atoms with E-state index in [0.29, 0.717) is 0 Å². The van der Waals surface area contributed by atoms with E-state index in [2.05, 4.69) is 228 Å². The molecule has 0 fully saturated rings. The van der Waals surface area contributed by atoms with Crippen LogP contribution in [0.15, 0.2) is 206 Å². The van der Waals surface area contributed by atoms with Gasteiger partial charge in [-0.25, -0.2) is 0 Å². The van der Waals surface area contributed by atoms with Crippen molar-refractivity contribution in [2.75, 3.05) is 9.80 Å². The minimum absolute atomic E-state index is 1.09. The highest BCUT2D eigenvalue weighted by Gasteiger charge is 2.21. The van der Waals surface area contributed by atoms with Gasteiger partial charge in [0.2, 0.25) is 0 Å². The van der Waals surface area contributed by atoms with E-state index in [9.17, 15) is 0 Å². The third kappa shape index (κ3) is 5.48. The second-order valence-corrected chi connectivity index (χ2v) is 13.6. The average Bonchev–Trinajstić information content (AvgIpc) is 3.25. The van der Waals surface area contributed by atoms with Crippen LogP contribution in [0.2, 0.25) is 0 Å². The zero-order valence-corrected chi connectivity index (χ0v) is 29.5. The molecule has 252 valence electrons. The molecular weight excluding hydrogens is 653 g/mol. The first-order valence-corrected chi connectivity index (χ1v) is 18.3. The first-order valence-electron chi connectivity index (χ1n) is 18.3. The van der Waals surface area contributed by atoms with Gasteiger partial charge < -0.3 is 9.80 Å². The largest absolute Gasteiger partial charge is 0.310 e. The first-order chi connectivity index (χ1) is 26.8. The van der Waals surface area contributed by atoms with Crippen molar-refractivity contribution in [2.24, 2.45) is 0 Å². The normalized spacial score (nSPS) is 11.6. The number of hydrogen-bond acceptors (Lipinski definition) is 2. The summed E-state index contributed by atoms with van der Waals surface area (Å²) in [6, 6.07) is 69.7. The van der Waals surface area contributed by atoms with Crippen LogP contribution in [0.1, 0.15) is 11.1 Å². The lowest BCUT2D eigenvalue weighted by Gasteiger charge is -2.29. The van der Waals surface area contributed by atoms with Crippen LogP contribution in [-0.2, 0) is 0 Å². The van der Waals surface area contributed by atoms with E-state index in [-0.39, 0.29) is 0 Å². The lowest BCUT2D eigenvalue weighted by atomic mass is 9.94. The molecule has 1 aliphatic rings. The quantitative estimate of drug-likeness (QED) is 0.122. The summed E-state index contributed by atoms with van der Waals surface area (Å²) >= 11 is 0. The Kier molecular flexibility index (Phi) is 7.75. The van der Waals surface area contributed by atoms with Crippen molar-refractivity contribution in [2.45, 2.75) is 0 Å². The van der Waals surface area contributed by atoms with Crippen LogP contribution in [-0.4, -0.2) is 0 Å². The Labute approximate surface area is 315 Å². The van der Waals surface area contributed by atoms with E-state index < -0.39 is 0 Å². The van der Waals surface area contributed by atoms with Crippen molar-refractivity contribution < 1.29 is 0 Å². The maximum atomic E-state index is 3.22. The molecule has 0 N–H and O–H groups in total. The van der Waals surface area contributed by atoms with Crippen LogP contribution >= 0.6 is 0 Å². The van der Waals surface area contributed by atoms with Gasteiger partial charge in [0.1, 0.15) is 0 Å². The Morgan fingerprint density at radius 3 is 1.30 bits per heavy atom. The van der Waals surface area contributed by atoms with Gasteiger partial charge in [-0.15, -0.1) is 0 Å². The van der Waals surface area contributed by atoms with Crippen LogP contribution in [0, 0.1) is 0 Å². The Morgan fingerprint density at radius 1 is 0.296 bits per heavy atom. The van der Waals surface area contributed by atoms with E-state index in [1.54, 1.807) is 0 Å². The predicted octanol–water partition coefficient (Wildman–Crippen LogP) is 14.5. The number of nitrogens with zero attached hydrogens (tertiary/aromatic N) is 2. The molecule has 0 atom stereocenters. The third-order valence-electron chi connectivity index (χ3n) is 10.5. The second-order valence-electron chi connectivity index (χ2n) is 13.6. The van der Waals surface area contributed by atoms with Gasteiger partial charge in [-0.2, -0.15) is 0 Å². The summed E-state index contributed by atoms with van der Waals surface area (Å²) in [6.45, 7) is 0. The molecule has 9 aromatic carbocycles. The van der Waals surface area contributed by atoms with Crippen molar-refractivity contribution in [3.63, 3.8) is 0 Å². The summed E-state index contributed by atoms with van der Waals surface area (Å²) < 4.78 is 0. The summed E-state index contributed by atoms with van der Waals surface area (Å²) in [7, 11) is 0. The number of anilines is 6. The van der Waals surface area contributed by atoms with E-state index in [0.717, 1.165) is 50.8 Å². The standard InChI is InChI=1S/C52H34N2/c1-3-17-41(18-4-1)53(51-35-39-15-7-9-21-45(39)47-23-11-13-25-49(47)51)43-31-27-37(28-32-43)38-29-33-44(34-30-38)54(42-19-5-2-6-20-42)52-36-40-16-8-10-22-46(40)48-24-12-14-26-50(48)52/h1-11,13,15-36H. The molecule has 2 heteroatoms. The van der Waals surface area contributed by atoms with Gasteiger partial charge in [0, 0.05) is 39.3 Å². The highest BCUT2D eigenvalue weighted by atomic mass is 15.1. The van der Waals surface area contributed by atoms with Crippen molar-refractivity contribution in [1.82, 2.24) is 0 Å². The zero-order valence-electron chi connectivity index (χ0n) is 29.5. The Hall–Kier alpha value is -7.34. The number of rotatable bonds is 7. The molecule has 0 radical (unpaired) electrons. The predicted molar refractivity (Wildman–Crippen MR) is 230 cm³/mol. The van der Waals surface area contributed by atoms with Gasteiger partial charge in [-0.05, 0) is 111 Å². The Morgan fingerprint density at radius 2 is 0.704 bits per heavy atom. The van der Waals surface area contributed by atoms with E-state index >= 15 is 0 Å². The van der Waals surface area contributed by atoms with E-state index in [4.69, 9.17) is 0 Å². The molecule has 9 aromatic rings. The first kappa shape index (κ1) is 31.4.